The third-order valence-electron chi connectivity index (χ3n) is 4.66. The number of rotatable bonds is 4. The number of hydrogen-bond donors (Lipinski definition) is 2. The van der Waals surface area contributed by atoms with E-state index in [0.29, 0.717) is 13.1 Å². The number of nitrogens with two attached hydrogens (primary N) is 1. The van der Waals surface area contributed by atoms with Crippen LogP contribution >= 0.6 is 0 Å². The van der Waals surface area contributed by atoms with E-state index < -0.39 is 0 Å². The molecule has 0 unspecified atom stereocenters. The van der Waals surface area contributed by atoms with Gasteiger partial charge in [-0.25, -0.2) is 0 Å². The molecule has 0 bridgehead atoms. The number of likely N-dealkylation sites (tertiary alicyclic amines) is 1. The number of benzene rings is 1. The maximum Gasteiger partial charge on any atom is 0.238 e. The number of piperidine rings is 1. The van der Waals surface area contributed by atoms with E-state index >= 15 is 0 Å². The molecule has 3 N–H and O–H groups in total. The Morgan fingerprint density at radius 3 is 2.86 bits per heavy atom. The summed E-state index contributed by atoms with van der Waals surface area (Å²) in [6.45, 7) is 1.76. The number of fused-ring (bicyclic) bond motifs is 1. The molecule has 5 nitrogen and oxygen atoms in total. The summed E-state index contributed by atoms with van der Waals surface area (Å²) in [7, 11) is 0. The van der Waals surface area contributed by atoms with Gasteiger partial charge in [0.2, 0.25) is 11.8 Å². The molecule has 2 amide bonds. The minimum Gasteiger partial charge on any atom is -0.369 e. The average molecular weight is 301 g/mol. The van der Waals surface area contributed by atoms with Crippen molar-refractivity contribution in [2.75, 3.05) is 25.0 Å². The Morgan fingerprint density at radius 1 is 1.23 bits per heavy atom. The molecule has 0 saturated carbocycles. The molecule has 1 fully saturated rings. The largest absolute Gasteiger partial charge is 0.369 e. The summed E-state index contributed by atoms with van der Waals surface area (Å²) in [5.41, 5.74) is 8.99. The predicted octanol–water partition coefficient (Wildman–Crippen LogP) is 1.31. The van der Waals surface area contributed by atoms with Crippen molar-refractivity contribution in [2.24, 2.45) is 11.7 Å². The van der Waals surface area contributed by atoms with Gasteiger partial charge in [0.05, 0.1) is 12.5 Å². The van der Waals surface area contributed by atoms with Gasteiger partial charge in [-0.15, -0.1) is 0 Å². The van der Waals surface area contributed by atoms with Gasteiger partial charge >= 0.3 is 0 Å². The van der Waals surface area contributed by atoms with Gasteiger partial charge in [0.1, 0.15) is 0 Å². The molecule has 1 saturated heterocycles. The summed E-state index contributed by atoms with van der Waals surface area (Å²) < 4.78 is 0. The summed E-state index contributed by atoms with van der Waals surface area (Å²) in [6, 6.07) is 6.18. The number of nitrogens with zero attached hydrogens (tertiary/aromatic N) is 1. The first kappa shape index (κ1) is 15.0. The van der Waals surface area contributed by atoms with Crippen LogP contribution in [0, 0.1) is 5.92 Å². The van der Waals surface area contributed by atoms with Gasteiger partial charge in [-0.2, -0.15) is 0 Å². The fourth-order valence-corrected chi connectivity index (χ4v) is 3.48. The van der Waals surface area contributed by atoms with Crippen LogP contribution < -0.4 is 11.1 Å². The Balaban J connectivity index is 1.55. The van der Waals surface area contributed by atoms with E-state index in [1.54, 1.807) is 0 Å². The average Bonchev–Trinajstić information content (AvgIpc) is 2.95. The number of aryl methyl sites for hydroxylation is 2. The summed E-state index contributed by atoms with van der Waals surface area (Å²) >= 11 is 0. The summed E-state index contributed by atoms with van der Waals surface area (Å²) in [4.78, 5) is 25.5. The Bertz CT molecular complexity index is 585. The van der Waals surface area contributed by atoms with Crippen molar-refractivity contribution in [3.05, 3.63) is 29.3 Å². The van der Waals surface area contributed by atoms with E-state index in [0.717, 1.165) is 37.9 Å². The lowest BCUT2D eigenvalue weighted by molar-refractivity contribution is -0.125. The zero-order chi connectivity index (χ0) is 15.5. The molecular formula is C17H23N3O2. The van der Waals surface area contributed by atoms with Gasteiger partial charge in [-0.3, -0.25) is 14.5 Å². The third kappa shape index (κ3) is 3.47. The van der Waals surface area contributed by atoms with Crippen molar-refractivity contribution in [2.45, 2.75) is 32.1 Å². The fourth-order valence-electron chi connectivity index (χ4n) is 3.48. The molecule has 1 atom stereocenters. The molecule has 1 heterocycles. The molecule has 3 rings (SSSR count). The maximum absolute atomic E-state index is 12.2. The molecule has 1 aliphatic carbocycles. The van der Waals surface area contributed by atoms with Gasteiger partial charge in [0.25, 0.3) is 0 Å². The first-order valence-corrected chi connectivity index (χ1v) is 8.05. The normalized spacial score (nSPS) is 21.4. The number of nitrogens with one attached hydrogen (secondary N) is 1. The van der Waals surface area contributed by atoms with E-state index in [2.05, 4.69) is 17.4 Å². The standard InChI is InChI=1S/C17H23N3O2/c18-17(22)14-5-2-8-20(10-14)11-16(21)19-15-7-6-12-3-1-4-13(12)9-15/h6-7,9,14H,1-5,8,10-11H2,(H2,18,22)(H,19,21)/t14-/m1/s1. The first-order chi connectivity index (χ1) is 10.6. The van der Waals surface area contributed by atoms with Crippen LogP contribution in [0.3, 0.4) is 0 Å². The number of anilines is 1. The quantitative estimate of drug-likeness (QED) is 0.880. The monoisotopic (exact) mass is 301 g/mol. The van der Waals surface area contributed by atoms with Crippen LogP contribution in [0.25, 0.3) is 0 Å². The van der Waals surface area contributed by atoms with Crippen molar-refractivity contribution >= 4 is 17.5 Å². The lowest BCUT2D eigenvalue weighted by Crippen LogP contribution is -2.44. The zero-order valence-electron chi connectivity index (χ0n) is 12.8. The van der Waals surface area contributed by atoms with E-state index in [1.165, 1.54) is 17.5 Å². The Morgan fingerprint density at radius 2 is 2.05 bits per heavy atom. The fraction of sp³-hybridized carbons (Fsp3) is 0.529. The Hall–Kier alpha value is -1.88. The molecule has 2 aliphatic rings. The van der Waals surface area contributed by atoms with Crippen molar-refractivity contribution in [3.8, 4) is 0 Å². The van der Waals surface area contributed by atoms with Crippen molar-refractivity contribution < 1.29 is 9.59 Å². The third-order valence-corrected chi connectivity index (χ3v) is 4.66. The topological polar surface area (TPSA) is 75.4 Å². The van der Waals surface area contributed by atoms with Crippen LogP contribution in [0.2, 0.25) is 0 Å². The second-order valence-corrected chi connectivity index (χ2v) is 6.36. The molecule has 5 heteroatoms. The number of amides is 2. The maximum atomic E-state index is 12.2. The smallest absolute Gasteiger partial charge is 0.238 e. The predicted molar refractivity (Wildman–Crippen MR) is 85.5 cm³/mol. The highest BCUT2D eigenvalue weighted by atomic mass is 16.2. The van der Waals surface area contributed by atoms with Gasteiger partial charge in [-0.1, -0.05) is 6.07 Å². The van der Waals surface area contributed by atoms with Crippen LogP contribution in [0.4, 0.5) is 5.69 Å². The van der Waals surface area contributed by atoms with Crippen LogP contribution in [-0.2, 0) is 22.4 Å². The van der Waals surface area contributed by atoms with Crippen LogP contribution in [0.15, 0.2) is 18.2 Å². The van der Waals surface area contributed by atoms with E-state index in [1.807, 2.05) is 11.0 Å². The molecule has 118 valence electrons. The van der Waals surface area contributed by atoms with Crippen molar-refractivity contribution in [3.63, 3.8) is 0 Å². The number of carbonyl (C=O) groups excluding carboxylic acids is 2. The van der Waals surface area contributed by atoms with Gasteiger partial charge in [-0.05, 0) is 61.9 Å². The molecule has 1 aromatic carbocycles. The van der Waals surface area contributed by atoms with Gasteiger partial charge in [0.15, 0.2) is 0 Å². The number of hydrogen-bond acceptors (Lipinski definition) is 3. The van der Waals surface area contributed by atoms with Crippen molar-refractivity contribution in [1.29, 1.82) is 0 Å². The first-order valence-electron chi connectivity index (χ1n) is 8.05. The van der Waals surface area contributed by atoms with Gasteiger partial charge < -0.3 is 11.1 Å². The van der Waals surface area contributed by atoms with Crippen molar-refractivity contribution in [1.82, 2.24) is 4.90 Å². The highest BCUT2D eigenvalue weighted by Crippen LogP contribution is 2.25. The number of primary amides is 1. The highest BCUT2D eigenvalue weighted by molar-refractivity contribution is 5.92. The lowest BCUT2D eigenvalue weighted by Gasteiger charge is -2.30. The minimum atomic E-state index is -0.260. The number of carbonyl (C=O) groups is 2. The minimum absolute atomic E-state index is 0.0249. The van der Waals surface area contributed by atoms with Crippen LogP contribution in [0.1, 0.15) is 30.4 Å². The molecule has 1 aromatic rings. The van der Waals surface area contributed by atoms with Crippen LogP contribution in [0.5, 0.6) is 0 Å². The summed E-state index contributed by atoms with van der Waals surface area (Å²) in [6.07, 6.45) is 5.20. The van der Waals surface area contributed by atoms with E-state index in [-0.39, 0.29) is 17.7 Å². The SMILES string of the molecule is NC(=O)[C@@H]1CCCN(CC(=O)Nc2ccc3c(c2)CCC3)C1. The molecule has 0 aromatic heterocycles. The second kappa shape index (κ2) is 6.48. The zero-order valence-corrected chi connectivity index (χ0v) is 12.8. The van der Waals surface area contributed by atoms with E-state index in [9.17, 15) is 9.59 Å². The lowest BCUT2D eigenvalue weighted by atomic mass is 9.97. The van der Waals surface area contributed by atoms with Gasteiger partial charge in [0, 0.05) is 12.2 Å². The molecule has 0 spiro atoms. The molecule has 1 aliphatic heterocycles. The Kier molecular flexibility index (Phi) is 4.43. The molecule has 0 radical (unpaired) electrons. The molecule has 22 heavy (non-hydrogen) atoms. The summed E-state index contributed by atoms with van der Waals surface area (Å²) in [5.74, 6) is -0.409. The Labute approximate surface area is 130 Å². The summed E-state index contributed by atoms with van der Waals surface area (Å²) in [5, 5.41) is 2.97. The van der Waals surface area contributed by atoms with Crippen LogP contribution in [-0.4, -0.2) is 36.3 Å². The second-order valence-electron chi connectivity index (χ2n) is 6.36. The molecular weight excluding hydrogens is 278 g/mol. The van der Waals surface area contributed by atoms with E-state index in [4.69, 9.17) is 5.73 Å². The highest BCUT2D eigenvalue weighted by Gasteiger charge is 2.25.